The Bertz CT molecular complexity index is 671. The molecule has 0 atom stereocenters. The van der Waals surface area contributed by atoms with E-state index in [1.165, 1.54) is 19.2 Å². The number of aryl methyl sites for hydroxylation is 1. The van der Waals surface area contributed by atoms with Gasteiger partial charge in [0.1, 0.15) is 18.2 Å². The summed E-state index contributed by atoms with van der Waals surface area (Å²) in [5.74, 6) is -0.585. The van der Waals surface area contributed by atoms with E-state index in [-0.39, 0.29) is 12.2 Å². The van der Waals surface area contributed by atoms with Crippen LogP contribution in [0.25, 0.3) is 0 Å². The number of carbonyl (C=O) groups is 1. The van der Waals surface area contributed by atoms with E-state index >= 15 is 0 Å². The normalized spacial score (nSPS) is 10.3. The maximum Gasteiger partial charge on any atom is 0.340 e. The number of rotatable bonds is 4. The van der Waals surface area contributed by atoms with Crippen molar-refractivity contribution in [3.63, 3.8) is 0 Å². The maximum atomic E-state index is 13.8. The summed E-state index contributed by atoms with van der Waals surface area (Å²) < 4.78 is 24.9. The zero-order valence-corrected chi connectivity index (χ0v) is 13.2. The van der Waals surface area contributed by atoms with Crippen LogP contribution in [0.3, 0.4) is 0 Å². The third-order valence-corrected chi connectivity index (χ3v) is 3.48. The SMILES string of the molecule is COC(=O)c1ccc(COc2cc(Br)ccc2C)cc1F. The molecule has 0 spiro atoms. The molecule has 2 aromatic carbocycles. The maximum absolute atomic E-state index is 13.8. The quantitative estimate of drug-likeness (QED) is 0.771. The van der Waals surface area contributed by atoms with Gasteiger partial charge in [-0.1, -0.05) is 28.1 Å². The molecule has 3 nitrogen and oxygen atoms in total. The van der Waals surface area contributed by atoms with Gasteiger partial charge in [-0.3, -0.25) is 0 Å². The van der Waals surface area contributed by atoms with Crippen LogP contribution in [0.4, 0.5) is 4.39 Å². The molecule has 0 aliphatic carbocycles. The molecular weight excluding hydrogens is 339 g/mol. The molecule has 0 fully saturated rings. The minimum Gasteiger partial charge on any atom is -0.489 e. The summed E-state index contributed by atoms with van der Waals surface area (Å²) in [5.41, 5.74) is 1.55. The van der Waals surface area contributed by atoms with Crippen LogP contribution in [0.15, 0.2) is 40.9 Å². The number of esters is 1. The number of hydrogen-bond donors (Lipinski definition) is 0. The van der Waals surface area contributed by atoms with Crippen LogP contribution >= 0.6 is 15.9 Å². The monoisotopic (exact) mass is 352 g/mol. The van der Waals surface area contributed by atoms with Crippen LogP contribution < -0.4 is 4.74 Å². The average Bonchev–Trinajstić information content (AvgIpc) is 2.47. The van der Waals surface area contributed by atoms with Crippen molar-refractivity contribution >= 4 is 21.9 Å². The average molecular weight is 353 g/mol. The first-order chi connectivity index (χ1) is 10.0. The second kappa shape index (κ2) is 6.72. The Labute approximate surface area is 130 Å². The lowest BCUT2D eigenvalue weighted by Crippen LogP contribution is -2.06. The van der Waals surface area contributed by atoms with Gasteiger partial charge in [0.25, 0.3) is 0 Å². The van der Waals surface area contributed by atoms with Crippen molar-refractivity contribution in [2.24, 2.45) is 0 Å². The molecule has 0 amide bonds. The summed E-state index contributed by atoms with van der Waals surface area (Å²) in [5, 5.41) is 0. The molecule has 0 saturated carbocycles. The van der Waals surface area contributed by atoms with Gasteiger partial charge >= 0.3 is 5.97 Å². The second-order valence-corrected chi connectivity index (χ2v) is 5.42. The molecule has 0 aliphatic heterocycles. The molecule has 0 aromatic heterocycles. The second-order valence-electron chi connectivity index (χ2n) is 4.50. The van der Waals surface area contributed by atoms with Gasteiger partial charge in [0.05, 0.1) is 12.7 Å². The Morgan fingerprint density at radius 2 is 2.00 bits per heavy atom. The van der Waals surface area contributed by atoms with Crippen LogP contribution in [-0.4, -0.2) is 13.1 Å². The number of benzene rings is 2. The number of hydrogen-bond acceptors (Lipinski definition) is 3. The van der Waals surface area contributed by atoms with Crippen molar-refractivity contribution in [1.82, 2.24) is 0 Å². The molecule has 0 unspecified atom stereocenters. The van der Waals surface area contributed by atoms with Crippen LogP contribution in [0.5, 0.6) is 5.75 Å². The molecule has 2 aromatic rings. The van der Waals surface area contributed by atoms with E-state index in [1.807, 2.05) is 25.1 Å². The highest BCUT2D eigenvalue weighted by Crippen LogP contribution is 2.24. The zero-order chi connectivity index (χ0) is 15.4. The van der Waals surface area contributed by atoms with Crippen molar-refractivity contribution in [1.29, 1.82) is 0 Å². The van der Waals surface area contributed by atoms with Crippen LogP contribution in [0.1, 0.15) is 21.5 Å². The number of methoxy groups -OCH3 is 1. The van der Waals surface area contributed by atoms with Crippen LogP contribution in [0, 0.1) is 12.7 Å². The Hall–Kier alpha value is -1.88. The molecule has 0 heterocycles. The standard InChI is InChI=1S/C16H14BrFO3/c1-10-3-5-12(17)8-15(10)21-9-11-4-6-13(14(18)7-11)16(19)20-2/h3-8H,9H2,1-2H3. The van der Waals surface area contributed by atoms with Crippen LogP contribution in [-0.2, 0) is 11.3 Å². The van der Waals surface area contributed by atoms with Crippen molar-refractivity contribution < 1.29 is 18.7 Å². The Morgan fingerprint density at radius 3 is 2.67 bits per heavy atom. The topological polar surface area (TPSA) is 35.5 Å². The zero-order valence-electron chi connectivity index (χ0n) is 11.7. The summed E-state index contributed by atoms with van der Waals surface area (Å²) >= 11 is 3.38. The third-order valence-electron chi connectivity index (χ3n) is 2.98. The summed E-state index contributed by atoms with van der Waals surface area (Å²) in [7, 11) is 1.22. The summed E-state index contributed by atoms with van der Waals surface area (Å²) in [6.45, 7) is 2.15. The van der Waals surface area contributed by atoms with E-state index in [4.69, 9.17) is 4.74 Å². The molecule has 0 aliphatic rings. The van der Waals surface area contributed by atoms with Gasteiger partial charge in [0.15, 0.2) is 0 Å². The Kier molecular flexibility index (Phi) is 4.96. The minimum atomic E-state index is -0.692. The van der Waals surface area contributed by atoms with Crippen molar-refractivity contribution in [2.45, 2.75) is 13.5 Å². The van der Waals surface area contributed by atoms with E-state index in [0.29, 0.717) is 5.56 Å². The summed E-state index contributed by atoms with van der Waals surface area (Å²) in [6.07, 6.45) is 0. The molecule has 110 valence electrons. The van der Waals surface area contributed by atoms with Gasteiger partial charge in [-0.15, -0.1) is 0 Å². The lowest BCUT2D eigenvalue weighted by molar-refractivity contribution is 0.0595. The molecule has 2 rings (SSSR count). The van der Waals surface area contributed by atoms with Gasteiger partial charge in [0.2, 0.25) is 0 Å². The van der Waals surface area contributed by atoms with Gasteiger partial charge in [-0.2, -0.15) is 0 Å². The highest BCUT2D eigenvalue weighted by Gasteiger charge is 2.12. The molecule has 0 bridgehead atoms. The van der Waals surface area contributed by atoms with Crippen molar-refractivity contribution in [3.05, 3.63) is 63.4 Å². The summed E-state index contributed by atoms with van der Waals surface area (Å²) in [6, 6.07) is 10.0. The molecule has 0 N–H and O–H groups in total. The smallest absolute Gasteiger partial charge is 0.340 e. The van der Waals surface area contributed by atoms with Gasteiger partial charge in [-0.05, 0) is 42.3 Å². The largest absolute Gasteiger partial charge is 0.489 e. The van der Waals surface area contributed by atoms with Gasteiger partial charge < -0.3 is 9.47 Å². The first-order valence-corrected chi connectivity index (χ1v) is 7.06. The Balaban J connectivity index is 2.12. The fraction of sp³-hybridized carbons (Fsp3) is 0.188. The highest BCUT2D eigenvalue weighted by atomic mass is 79.9. The van der Waals surface area contributed by atoms with Crippen molar-refractivity contribution in [3.8, 4) is 5.75 Å². The fourth-order valence-corrected chi connectivity index (χ4v) is 2.15. The molecule has 5 heteroatoms. The van der Waals surface area contributed by atoms with E-state index < -0.39 is 11.8 Å². The fourth-order valence-electron chi connectivity index (χ4n) is 1.81. The lowest BCUT2D eigenvalue weighted by atomic mass is 10.1. The van der Waals surface area contributed by atoms with E-state index in [1.54, 1.807) is 6.07 Å². The van der Waals surface area contributed by atoms with Crippen LogP contribution in [0.2, 0.25) is 0 Å². The summed E-state index contributed by atoms with van der Waals surface area (Å²) in [4.78, 5) is 11.3. The van der Waals surface area contributed by atoms with Crippen molar-refractivity contribution in [2.75, 3.05) is 7.11 Å². The first kappa shape index (κ1) is 15.5. The molecule has 0 radical (unpaired) electrons. The number of carbonyl (C=O) groups excluding carboxylic acids is 1. The first-order valence-electron chi connectivity index (χ1n) is 6.27. The lowest BCUT2D eigenvalue weighted by Gasteiger charge is -2.10. The minimum absolute atomic E-state index is 0.0834. The highest BCUT2D eigenvalue weighted by molar-refractivity contribution is 9.10. The van der Waals surface area contributed by atoms with Gasteiger partial charge in [0, 0.05) is 4.47 Å². The predicted octanol–water partition coefficient (Wildman–Crippen LogP) is 4.26. The molecular formula is C16H14BrFO3. The van der Waals surface area contributed by atoms with Gasteiger partial charge in [-0.25, -0.2) is 9.18 Å². The number of ether oxygens (including phenoxy) is 2. The molecule has 0 saturated heterocycles. The third kappa shape index (κ3) is 3.82. The predicted molar refractivity (Wildman–Crippen MR) is 81.0 cm³/mol. The Morgan fingerprint density at radius 1 is 1.24 bits per heavy atom. The molecule has 21 heavy (non-hydrogen) atoms. The van der Waals surface area contributed by atoms with E-state index in [9.17, 15) is 9.18 Å². The number of halogens is 2. The van der Waals surface area contributed by atoms with E-state index in [0.717, 1.165) is 15.8 Å². The van der Waals surface area contributed by atoms with E-state index in [2.05, 4.69) is 20.7 Å².